The Bertz CT molecular complexity index is 1590. The van der Waals surface area contributed by atoms with Gasteiger partial charge in [0.15, 0.2) is 11.5 Å². The number of methoxy groups -OCH3 is 3. The maximum absolute atomic E-state index is 13.7. The number of benzene rings is 2. The number of aromatic nitrogens is 2. The molecule has 218 valence electrons. The van der Waals surface area contributed by atoms with Gasteiger partial charge in [0.1, 0.15) is 22.4 Å². The summed E-state index contributed by atoms with van der Waals surface area (Å²) >= 11 is 0. The van der Waals surface area contributed by atoms with E-state index in [0.717, 1.165) is 16.5 Å². The van der Waals surface area contributed by atoms with E-state index in [0.29, 0.717) is 40.0 Å². The molecule has 2 heterocycles. The van der Waals surface area contributed by atoms with E-state index in [1.54, 1.807) is 22.9 Å². The van der Waals surface area contributed by atoms with Gasteiger partial charge in [-0.3, -0.25) is 9.78 Å². The lowest BCUT2D eigenvalue weighted by atomic mass is 9.86. The molecule has 0 radical (unpaired) electrons. The summed E-state index contributed by atoms with van der Waals surface area (Å²) in [7, 11) is 5.06. The van der Waals surface area contributed by atoms with Crippen LogP contribution in [0.1, 0.15) is 48.8 Å². The molecule has 0 fully saturated rings. The smallest absolute Gasteiger partial charge is 0.272 e. The molecule has 4 aromatic rings. The number of hydrogen-bond acceptors (Lipinski definition) is 7. The summed E-state index contributed by atoms with van der Waals surface area (Å²) in [6.07, 6.45) is 2.54. The van der Waals surface area contributed by atoms with Crippen molar-refractivity contribution in [1.82, 2.24) is 9.55 Å². The van der Waals surface area contributed by atoms with Gasteiger partial charge in [0, 0.05) is 45.2 Å². The van der Waals surface area contributed by atoms with Crippen LogP contribution in [0.25, 0.3) is 10.9 Å². The number of hydrogen-bond donors (Lipinski definition) is 2. The third-order valence-corrected chi connectivity index (χ3v) is 7.07. The molecule has 1 atom stereocenters. The first-order valence-corrected chi connectivity index (χ1v) is 14.4. The van der Waals surface area contributed by atoms with Gasteiger partial charge in [-0.2, -0.15) is 0 Å². The number of aryl methyl sites for hydroxylation is 1. The summed E-state index contributed by atoms with van der Waals surface area (Å²) in [5, 5.41) is 3.84. The zero-order chi connectivity index (χ0) is 29.9. The van der Waals surface area contributed by atoms with Crippen LogP contribution in [0.15, 0.2) is 54.7 Å². The van der Waals surface area contributed by atoms with Crippen molar-refractivity contribution in [2.24, 2.45) is 7.05 Å². The zero-order valence-electron chi connectivity index (χ0n) is 24.5. The van der Waals surface area contributed by atoms with Gasteiger partial charge < -0.3 is 33.6 Å². The second-order valence-electron chi connectivity index (χ2n) is 10.5. The van der Waals surface area contributed by atoms with Crippen molar-refractivity contribution in [2.45, 2.75) is 32.5 Å². The van der Waals surface area contributed by atoms with Gasteiger partial charge in [0.05, 0.1) is 29.7 Å². The fourth-order valence-electron chi connectivity index (χ4n) is 4.56. The summed E-state index contributed by atoms with van der Waals surface area (Å²) < 4.78 is 39.2. The molecule has 0 bridgehead atoms. The van der Waals surface area contributed by atoms with Crippen LogP contribution in [0, 0.1) is 0 Å². The molecule has 1 unspecified atom stereocenters. The zero-order valence-corrected chi connectivity index (χ0v) is 25.3. The summed E-state index contributed by atoms with van der Waals surface area (Å²) in [4.78, 5) is 18.0. The number of para-hydroxylation sites is 1. The van der Waals surface area contributed by atoms with Gasteiger partial charge in [-0.05, 0) is 41.3 Å². The molecule has 0 aliphatic heterocycles. The quantitative estimate of drug-likeness (QED) is 0.224. The molecular formula is C30H36N4O6S. The number of rotatable bonds is 10. The molecule has 2 aromatic heterocycles. The first-order chi connectivity index (χ1) is 19.5. The lowest BCUT2D eigenvalue weighted by molar-refractivity contribution is -0.108. The average Bonchev–Trinajstić information content (AvgIpc) is 3.26. The fraction of sp³-hybridized carbons (Fsp3) is 0.333. The fourth-order valence-corrected chi connectivity index (χ4v) is 5.02. The second kappa shape index (κ2) is 12.3. The van der Waals surface area contributed by atoms with Crippen molar-refractivity contribution in [3.8, 4) is 17.2 Å². The minimum atomic E-state index is -1.34. The maximum Gasteiger partial charge on any atom is 0.272 e. The Morgan fingerprint density at radius 2 is 1.73 bits per heavy atom. The number of amides is 1. The van der Waals surface area contributed by atoms with Gasteiger partial charge in [0.25, 0.3) is 5.91 Å². The third kappa shape index (κ3) is 6.53. The van der Waals surface area contributed by atoms with Crippen LogP contribution in [-0.2, 0) is 32.9 Å². The Morgan fingerprint density at radius 3 is 2.37 bits per heavy atom. The van der Waals surface area contributed by atoms with Crippen molar-refractivity contribution < 1.29 is 28.0 Å². The predicted molar refractivity (Wildman–Crippen MR) is 161 cm³/mol. The molecule has 2 aromatic carbocycles. The van der Waals surface area contributed by atoms with Crippen LogP contribution in [0.3, 0.4) is 0 Å². The Morgan fingerprint density at radius 1 is 1.02 bits per heavy atom. The number of nitrogens with one attached hydrogen (secondary N) is 2. The highest BCUT2D eigenvalue weighted by Gasteiger charge is 2.23. The lowest BCUT2D eigenvalue weighted by Crippen LogP contribution is -2.19. The van der Waals surface area contributed by atoms with Crippen LogP contribution >= 0.6 is 0 Å². The van der Waals surface area contributed by atoms with Crippen LogP contribution in [0.2, 0.25) is 0 Å². The van der Waals surface area contributed by atoms with Crippen molar-refractivity contribution >= 4 is 39.2 Å². The van der Waals surface area contributed by atoms with Crippen LogP contribution in [0.4, 0.5) is 11.4 Å². The number of pyridine rings is 1. The standard InChI is InChI=1S/C30H36N4O6S/c1-30(2,3)19-15-21(27(37-5)22(16-19)33-41(8)36)32-28(35)24-14-18-10-9-11-25(26(18)34(24)4)40-20-12-13-31-23(17-20)29(38-6)39-7/h9-17,29,33H,1-8H3,(H,32,35). The van der Waals surface area contributed by atoms with E-state index in [9.17, 15) is 9.00 Å². The van der Waals surface area contributed by atoms with Crippen molar-refractivity contribution in [3.63, 3.8) is 0 Å². The van der Waals surface area contributed by atoms with Gasteiger partial charge in [-0.15, -0.1) is 0 Å². The molecule has 4 rings (SSSR count). The lowest BCUT2D eigenvalue weighted by Gasteiger charge is -2.24. The van der Waals surface area contributed by atoms with E-state index in [1.165, 1.54) is 27.6 Å². The number of nitrogens with zero attached hydrogens (tertiary/aromatic N) is 2. The molecule has 2 N–H and O–H groups in total. The first kappa shape index (κ1) is 30.0. The van der Waals surface area contributed by atoms with E-state index in [4.69, 9.17) is 18.9 Å². The Kier molecular flexibility index (Phi) is 9.01. The molecule has 1 amide bonds. The highest BCUT2D eigenvalue weighted by Crippen LogP contribution is 2.39. The van der Waals surface area contributed by atoms with Crippen molar-refractivity contribution in [1.29, 1.82) is 0 Å². The van der Waals surface area contributed by atoms with Gasteiger partial charge >= 0.3 is 0 Å². The Labute approximate surface area is 242 Å². The van der Waals surface area contributed by atoms with Crippen LogP contribution < -0.4 is 19.5 Å². The number of carbonyl (C=O) groups excluding carboxylic acids is 1. The minimum Gasteiger partial charge on any atom is -0.492 e. The topological polar surface area (TPSA) is 113 Å². The van der Waals surface area contributed by atoms with Gasteiger partial charge in [-0.1, -0.05) is 32.9 Å². The molecule has 11 heteroatoms. The predicted octanol–water partition coefficient (Wildman–Crippen LogP) is 5.92. The van der Waals surface area contributed by atoms with E-state index in [-0.39, 0.29) is 11.3 Å². The minimum absolute atomic E-state index is 0.233. The van der Waals surface area contributed by atoms with E-state index < -0.39 is 17.3 Å². The number of anilines is 2. The SMILES string of the molecule is COc1c(NC(=O)c2cc3cccc(Oc4ccnc(C(OC)OC)c4)c3n2C)cc(C(C)(C)C)cc1NS(C)=O. The molecule has 0 saturated carbocycles. The van der Waals surface area contributed by atoms with Crippen LogP contribution in [-0.4, -0.2) is 47.3 Å². The largest absolute Gasteiger partial charge is 0.492 e. The summed E-state index contributed by atoms with van der Waals surface area (Å²) in [5.74, 6) is 1.17. The summed E-state index contributed by atoms with van der Waals surface area (Å²) in [6, 6.07) is 14.7. The molecule has 41 heavy (non-hydrogen) atoms. The maximum atomic E-state index is 13.7. The highest BCUT2D eigenvalue weighted by atomic mass is 32.2. The Hall–Kier alpha value is -3.93. The molecule has 0 saturated heterocycles. The molecule has 0 aliphatic carbocycles. The molecule has 0 aliphatic rings. The molecule has 0 spiro atoms. The summed E-state index contributed by atoms with van der Waals surface area (Å²) in [5.41, 5.74) is 3.43. The molecular weight excluding hydrogens is 544 g/mol. The normalized spacial score (nSPS) is 12.4. The number of ether oxygens (including phenoxy) is 4. The monoisotopic (exact) mass is 580 g/mol. The van der Waals surface area contributed by atoms with E-state index in [2.05, 4.69) is 35.8 Å². The third-order valence-electron chi connectivity index (χ3n) is 6.56. The van der Waals surface area contributed by atoms with E-state index in [1.807, 2.05) is 43.4 Å². The average molecular weight is 581 g/mol. The van der Waals surface area contributed by atoms with Gasteiger partial charge in [-0.25, -0.2) is 4.21 Å². The Balaban J connectivity index is 1.71. The van der Waals surface area contributed by atoms with Crippen LogP contribution in [0.5, 0.6) is 17.2 Å². The highest BCUT2D eigenvalue weighted by molar-refractivity contribution is 7.85. The summed E-state index contributed by atoms with van der Waals surface area (Å²) in [6.45, 7) is 6.19. The van der Waals surface area contributed by atoms with Crippen molar-refractivity contribution in [3.05, 3.63) is 71.7 Å². The number of fused-ring (bicyclic) bond motifs is 1. The number of carbonyl (C=O) groups is 1. The van der Waals surface area contributed by atoms with Gasteiger partial charge in [0.2, 0.25) is 6.29 Å². The molecule has 10 nitrogen and oxygen atoms in total. The van der Waals surface area contributed by atoms with Crippen molar-refractivity contribution in [2.75, 3.05) is 37.6 Å². The second-order valence-corrected chi connectivity index (χ2v) is 11.6. The first-order valence-electron chi connectivity index (χ1n) is 12.9. The van der Waals surface area contributed by atoms with E-state index >= 15 is 0 Å².